The molecule has 0 radical (unpaired) electrons. The minimum Gasteiger partial charge on any atom is -0.444 e. The van der Waals surface area contributed by atoms with Crippen LogP contribution in [0.4, 0.5) is 0 Å². The zero-order valence-corrected chi connectivity index (χ0v) is 12.1. The van der Waals surface area contributed by atoms with E-state index >= 15 is 0 Å². The van der Waals surface area contributed by atoms with Gasteiger partial charge in [-0.1, -0.05) is 17.9 Å². The average molecular weight is 283 g/mol. The van der Waals surface area contributed by atoms with E-state index in [0.29, 0.717) is 22.8 Å². The molecule has 3 N–H and O–H groups in total. The van der Waals surface area contributed by atoms with E-state index in [-0.39, 0.29) is 19.0 Å². The number of nitrogens with one attached hydrogen (secondary N) is 1. The van der Waals surface area contributed by atoms with Gasteiger partial charge in [-0.2, -0.15) is 0 Å². The first-order valence-corrected chi connectivity index (χ1v) is 6.59. The predicted molar refractivity (Wildman–Crippen MR) is 79.5 cm³/mol. The van der Waals surface area contributed by atoms with E-state index in [1.165, 1.54) is 0 Å². The van der Waals surface area contributed by atoms with Gasteiger partial charge in [0.1, 0.15) is 5.76 Å². The van der Waals surface area contributed by atoms with E-state index in [2.05, 4.69) is 22.1 Å². The van der Waals surface area contributed by atoms with Crippen molar-refractivity contribution in [2.45, 2.75) is 20.4 Å². The molecular weight excluding hydrogens is 266 g/mol. The number of benzene rings is 1. The smallest absolute Gasteiger partial charge is 0.252 e. The lowest BCUT2D eigenvalue weighted by atomic mass is 10.0. The fourth-order valence-corrected chi connectivity index (χ4v) is 1.84. The van der Waals surface area contributed by atoms with E-state index < -0.39 is 0 Å². The van der Waals surface area contributed by atoms with Gasteiger partial charge in [0.2, 0.25) is 5.89 Å². The second kappa shape index (κ2) is 6.73. The molecule has 0 aliphatic rings. The zero-order chi connectivity index (χ0) is 15.2. The Morgan fingerprint density at radius 3 is 2.90 bits per heavy atom. The van der Waals surface area contributed by atoms with E-state index in [9.17, 15) is 4.79 Å². The van der Waals surface area contributed by atoms with Crippen molar-refractivity contribution in [1.82, 2.24) is 10.3 Å². The first-order chi connectivity index (χ1) is 10.1. The average Bonchev–Trinajstić information content (AvgIpc) is 2.88. The second-order valence-corrected chi connectivity index (χ2v) is 4.60. The van der Waals surface area contributed by atoms with Gasteiger partial charge in [-0.15, -0.1) is 0 Å². The van der Waals surface area contributed by atoms with Crippen LogP contribution < -0.4 is 11.1 Å². The van der Waals surface area contributed by atoms with Crippen LogP contribution >= 0.6 is 0 Å². The fraction of sp³-hybridized carbons (Fsp3) is 0.250. The number of carbonyl (C=O) groups excluding carboxylic acids is 1. The Morgan fingerprint density at radius 1 is 1.43 bits per heavy atom. The van der Waals surface area contributed by atoms with Crippen LogP contribution in [0.1, 0.15) is 33.1 Å². The minimum atomic E-state index is -0.216. The molecule has 108 valence electrons. The summed E-state index contributed by atoms with van der Waals surface area (Å²) in [6, 6.07) is 5.50. The van der Waals surface area contributed by atoms with Crippen molar-refractivity contribution in [3.8, 4) is 11.8 Å². The van der Waals surface area contributed by atoms with Gasteiger partial charge in [0.15, 0.2) is 0 Å². The summed E-state index contributed by atoms with van der Waals surface area (Å²) in [6.07, 6.45) is 1.62. The fourth-order valence-electron chi connectivity index (χ4n) is 1.84. The first-order valence-electron chi connectivity index (χ1n) is 6.59. The summed E-state index contributed by atoms with van der Waals surface area (Å²) in [5.41, 5.74) is 7.61. The molecule has 0 aliphatic heterocycles. The maximum Gasteiger partial charge on any atom is 0.252 e. The number of aromatic nitrogens is 1. The predicted octanol–water partition coefficient (Wildman–Crippen LogP) is 1.53. The lowest BCUT2D eigenvalue weighted by molar-refractivity contribution is 0.0947. The van der Waals surface area contributed by atoms with Crippen LogP contribution in [0.3, 0.4) is 0 Å². The summed E-state index contributed by atoms with van der Waals surface area (Å²) in [7, 11) is 0. The van der Waals surface area contributed by atoms with Gasteiger partial charge in [-0.3, -0.25) is 4.79 Å². The molecule has 5 heteroatoms. The third-order valence-electron chi connectivity index (χ3n) is 2.81. The summed E-state index contributed by atoms with van der Waals surface area (Å²) in [5.74, 6) is 6.66. The lowest BCUT2D eigenvalue weighted by Gasteiger charge is -2.06. The Kier molecular flexibility index (Phi) is 4.75. The van der Waals surface area contributed by atoms with Crippen molar-refractivity contribution in [1.29, 1.82) is 0 Å². The van der Waals surface area contributed by atoms with E-state index in [4.69, 9.17) is 10.2 Å². The molecule has 0 spiro atoms. The zero-order valence-electron chi connectivity index (χ0n) is 12.1. The minimum absolute atomic E-state index is 0.216. The topological polar surface area (TPSA) is 81.2 Å². The number of rotatable bonds is 3. The van der Waals surface area contributed by atoms with Gasteiger partial charge >= 0.3 is 0 Å². The summed E-state index contributed by atoms with van der Waals surface area (Å²) in [6.45, 7) is 4.25. The maximum absolute atomic E-state index is 12.2. The Balaban J connectivity index is 2.14. The van der Waals surface area contributed by atoms with Crippen LogP contribution in [0.25, 0.3) is 0 Å². The molecular formula is C16H17N3O2. The molecule has 1 heterocycles. The van der Waals surface area contributed by atoms with Crippen molar-refractivity contribution < 1.29 is 9.21 Å². The number of aryl methyl sites for hydroxylation is 2. The molecule has 0 fully saturated rings. The monoisotopic (exact) mass is 283 g/mol. The number of nitrogens with two attached hydrogens (primary N) is 1. The van der Waals surface area contributed by atoms with E-state index in [0.717, 1.165) is 5.56 Å². The molecule has 2 rings (SSSR count). The Bertz CT molecular complexity index is 708. The SMILES string of the molecule is Cc1ccc(C(=O)NCc2ncc(C)o2)c(C#CCN)c1. The van der Waals surface area contributed by atoms with Crippen molar-refractivity contribution in [3.05, 3.63) is 52.7 Å². The lowest BCUT2D eigenvalue weighted by Crippen LogP contribution is -2.23. The Hall–Kier alpha value is -2.58. The molecule has 2 aromatic rings. The normalized spacial score (nSPS) is 9.86. The number of hydrogen-bond acceptors (Lipinski definition) is 4. The largest absolute Gasteiger partial charge is 0.444 e. The molecule has 0 saturated carbocycles. The highest BCUT2D eigenvalue weighted by Crippen LogP contribution is 2.11. The van der Waals surface area contributed by atoms with Crippen LogP contribution in [0, 0.1) is 25.7 Å². The van der Waals surface area contributed by atoms with Crippen molar-refractivity contribution >= 4 is 5.91 Å². The van der Waals surface area contributed by atoms with Crippen LogP contribution in [0.2, 0.25) is 0 Å². The molecule has 0 saturated heterocycles. The third-order valence-corrected chi connectivity index (χ3v) is 2.81. The van der Waals surface area contributed by atoms with Gasteiger partial charge in [0.25, 0.3) is 5.91 Å². The Labute approximate surface area is 123 Å². The van der Waals surface area contributed by atoms with Gasteiger partial charge in [0.05, 0.1) is 24.8 Å². The van der Waals surface area contributed by atoms with Crippen molar-refractivity contribution in [2.24, 2.45) is 5.73 Å². The quantitative estimate of drug-likeness (QED) is 0.837. The number of carbonyl (C=O) groups is 1. The van der Waals surface area contributed by atoms with Gasteiger partial charge in [-0.05, 0) is 31.5 Å². The van der Waals surface area contributed by atoms with Crippen LogP contribution in [0.15, 0.2) is 28.8 Å². The molecule has 1 aromatic carbocycles. The van der Waals surface area contributed by atoms with Gasteiger partial charge < -0.3 is 15.5 Å². The summed E-state index contributed by atoms with van der Waals surface area (Å²) in [5, 5.41) is 2.77. The standard InChI is InChI=1S/C16H17N3O2/c1-11-5-6-14(13(8-11)4-3-7-17)16(20)19-10-15-18-9-12(2)21-15/h5-6,8-9H,7,10,17H2,1-2H3,(H,19,20). The van der Waals surface area contributed by atoms with E-state index in [1.807, 2.05) is 19.1 Å². The number of nitrogens with zero attached hydrogens (tertiary/aromatic N) is 1. The highest BCUT2D eigenvalue weighted by Gasteiger charge is 2.11. The summed E-state index contributed by atoms with van der Waals surface area (Å²) < 4.78 is 5.31. The van der Waals surface area contributed by atoms with Crippen LogP contribution in [-0.4, -0.2) is 17.4 Å². The second-order valence-electron chi connectivity index (χ2n) is 4.60. The van der Waals surface area contributed by atoms with Crippen LogP contribution in [-0.2, 0) is 6.54 Å². The molecule has 1 amide bonds. The van der Waals surface area contributed by atoms with E-state index in [1.54, 1.807) is 19.2 Å². The molecule has 0 unspecified atom stereocenters. The highest BCUT2D eigenvalue weighted by atomic mass is 16.4. The van der Waals surface area contributed by atoms with Crippen molar-refractivity contribution in [2.75, 3.05) is 6.54 Å². The molecule has 1 aromatic heterocycles. The summed E-state index contributed by atoms with van der Waals surface area (Å²) in [4.78, 5) is 16.3. The molecule has 5 nitrogen and oxygen atoms in total. The molecule has 0 aliphatic carbocycles. The maximum atomic E-state index is 12.2. The number of hydrogen-bond donors (Lipinski definition) is 2. The van der Waals surface area contributed by atoms with Crippen LogP contribution in [0.5, 0.6) is 0 Å². The van der Waals surface area contributed by atoms with Gasteiger partial charge in [-0.25, -0.2) is 4.98 Å². The Morgan fingerprint density at radius 2 is 2.24 bits per heavy atom. The third kappa shape index (κ3) is 3.94. The van der Waals surface area contributed by atoms with Crippen molar-refractivity contribution in [3.63, 3.8) is 0 Å². The molecule has 0 atom stereocenters. The number of oxazole rings is 1. The highest BCUT2D eigenvalue weighted by molar-refractivity contribution is 5.96. The molecule has 21 heavy (non-hydrogen) atoms. The molecule has 0 bridgehead atoms. The summed E-state index contributed by atoms with van der Waals surface area (Å²) >= 11 is 0. The first kappa shape index (κ1) is 14.8. The van der Waals surface area contributed by atoms with Gasteiger partial charge in [0, 0.05) is 5.56 Å². The number of amides is 1.